The number of hydrogen-bond acceptors (Lipinski definition) is 5. The van der Waals surface area contributed by atoms with E-state index in [1.807, 2.05) is 35.2 Å². The molecule has 7 heteroatoms. The van der Waals surface area contributed by atoms with Crippen LogP contribution in [0.4, 0.5) is 0 Å². The smallest absolute Gasteiger partial charge is 0.248 e. The lowest BCUT2D eigenvalue weighted by Gasteiger charge is -2.48. The van der Waals surface area contributed by atoms with Crippen LogP contribution in [-0.2, 0) is 14.3 Å². The van der Waals surface area contributed by atoms with Crippen LogP contribution in [0.1, 0.15) is 37.3 Å². The number of nitrogens with two attached hydrogens (primary N) is 1. The molecule has 3 aromatic rings. The number of morpholine rings is 1. The maximum atomic E-state index is 12.5. The van der Waals surface area contributed by atoms with Gasteiger partial charge in [-0.15, -0.1) is 0 Å². The van der Waals surface area contributed by atoms with Gasteiger partial charge in [-0.2, -0.15) is 0 Å². The minimum absolute atomic E-state index is 0.109. The molecule has 1 atom stereocenters. The fraction of sp³-hybridized carbons (Fsp3) is 0.393. The molecule has 1 aromatic heterocycles. The SMILES string of the molecule is NC(=O)C(c1ccc(-c2ccc3cccnc3c2)cc1)N1CCC2(CC1)CN(C1CC1)C(=O)CO2. The minimum Gasteiger partial charge on any atom is -0.368 e. The number of pyridine rings is 1. The Balaban J connectivity index is 1.17. The van der Waals surface area contributed by atoms with Gasteiger partial charge in [-0.25, -0.2) is 0 Å². The van der Waals surface area contributed by atoms with Crippen molar-refractivity contribution in [2.75, 3.05) is 26.2 Å². The van der Waals surface area contributed by atoms with Crippen LogP contribution < -0.4 is 5.73 Å². The van der Waals surface area contributed by atoms with Crippen LogP contribution in [0.3, 0.4) is 0 Å². The standard InChI is InChI=1S/C28H30N4O3/c29-27(34)26(31-14-11-28(12-15-31)18-32(23-9-10-23)25(33)17-35-28)21-6-3-19(4-7-21)22-8-5-20-2-1-13-30-24(20)16-22/h1-8,13,16,23,26H,9-12,14-15,17-18H2,(H2,29,34). The van der Waals surface area contributed by atoms with Crippen LogP contribution in [0.15, 0.2) is 60.8 Å². The zero-order chi connectivity index (χ0) is 24.0. The van der Waals surface area contributed by atoms with Crippen LogP contribution in [0.5, 0.6) is 0 Å². The van der Waals surface area contributed by atoms with E-state index in [1.54, 1.807) is 6.20 Å². The van der Waals surface area contributed by atoms with Gasteiger partial charge in [0, 0.05) is 30.7 Å². The maximum absolute atomic E-state index is 12.5. The largest absolute Gasteiger partial charge is 0.368 e. The third-order valence-corrected chi connectivity index (χ3v) is 7.78. The number of hydrogen-bond donors (Lipinski definition) is 1. The number of likely N-dealkylation sites (tertiary alicyclic amines) is 1. The van der Waals surface area contributed by atoms with Crippen molar-refractivity contribution >= 4 is 22.7 Å². The van der Waals surface area contributed by atoms with E-state index in [0.29, 0.717) is 25.7 Å². The number of benzene rings is 2. The van der Waals surface area contributed by atoms with E-state index < -0.39 is 6.04 Å². The summed E-state index contributed by atoms with van der Waals surface area (Å²) in [6.07, 6.45) is 5.58. The molecule has 1 spiro atoms. The normalized spacial score (nSPS) is 21.4. The third-order valence-electron chi connectivity index (χ3n) is 7.78. The highest BCUT2D eigenvalue weighted by molar-refractivity contribution is 5.85. The number of carbonyl (C=O) groups excluding carboxylic acids is 2. The minimum atomic E-state index is -0.482. The van der Waals surface area contributed by atoms with E-state index in [2.05, 4.69) is 34.1 Å². The second kappa shape index (κ2) is 8.73. The molecular formula is C28H30N4O3. The quantitative estimate of drug-likeness (QED) is 0.618. The van der Waals surface area contributed by atoms with Gasteiger partial charge in [-0.05, 0) is 54.5 Å². The molecule has 7 nitrogen and oxygen atoms in total. The molecular weight excluding hydrogens is 440 g/mol. The topological polar surface area (TPSA) is 88.8 Å². The van der Waals surface area contributed by atoms with E-state index in [9.17, 15) is 9.59 Å². The van der Waals surface area contributed by atoms with E-state index >= 15 is 0 Å². The van der Waals surface area contributed by atoms with E-state index in [-0.39, 0.29) is 24.0 Å². The zero-order valence-corrected chi connectivity index (χ0v) is 19.7. The molecule has 35 heavy (non-hydrogen) atoms. The number of primary amides is 1. The van der Waals surface area contributed by atoms with Crippen molar-refractivity contribution in [3.8, 4) is 11.1 Å². The summed E-state index contributed by atoms with van der Waals surface area (Å²) in [6, 6.07) is 18.3. The number of piperidine rings is 1. The number of nitrogens with zero attached hydrogens (tertiary/aromatic N) is 3. The van der Waals surface area contributed by atoms with E-state index in [1.165, 1.54) is 0 Å². The molecule has 3 heterocycles. The molecule has 6 rings (SSSR count). The summed E-state index contributed by atoms with van der Waals surface area (Å²) in [5.41, 5.74) is 9.61. The van der Waals surface area contributed by atoms with Crippen LogP contribution in [-0.4, -0.2) is 64.5 Å². The van der Waals surface area contributed by atoms with Gasteiger partial charge in [0.2, 0.25) is 11.8 Å². The molecule has 2 saturated heterocycles. The van der Waals surface area contributed by atoms with Crippen LogP contribution in [0.25, 0.3) is 22.0 Å². The highest BCUT2D eigenvalue weighted by Gasteiger charge is 2.47. The molecule has 2 aliphatic heterocycles. The number of fused-ring (bicyclic) bond motifs is 1. The second-order valence-electron chi connectivity index (χ2n) is 10.1. The average Bonchev–Trinajstić information content (AvgIpc) is 3.73. The Hall–Kier alpha value is -3.29. The lowest BCUT2D eigenvalue weighted by atomic mass is 9.87. The molecule has 0 radical (unpaired) electrons. The van der Waals surface area contributed by atoms with Crippen molar-refractivity contribution in [2.24, 2.45) is 5.73 Å². The Morgan fingerprint density at radius 3 is 2.51 bits per heavy atom. The summed E-state index contributed by atoms with van der Waals surface area (Å²) >= 11 is 0. The average molecular weight is 471 g/mol. The highest BCUT2D eigenvalue weighted by Crippen LogP contribution is 2.38. The Kier molecular flexibility index (Phi) is 5.54. The zero-order valence-electron chi connectivity index (χ0n) is 19.7. The summed E-state index contributed by atoms with van der Waals surface area (Å²) in [5.74, 6) is -0.235. The van der Waals surface area contributed by atoms with Crippen molar-refractivity contribution < 1.29 is 14.3 Å². The van der Waals surface area contributed by atoms with Gasteiger partial charge in [0.1, 0.15) is 12.6 Å². The summed E-state index contributed by atoms with van der Waals surface area (Å²) < 4.78 is 6.08. The van der Waals surface area contributed by atoms with E-state index in [4.69, 9.17) is 10.5 Å². The first-order valence-corrected chi connectivity index (χ1v) is 12.4. The lowest BCUT2D eigenvalue weighted by molar-refractivity contribution is -0.173. The van der Waals surface area contributed by atoms with Gasteiger partial charge in [0.05, 0.1) is 17.7 Å². The van der Waals surface area contributed by atoms with Crippen molar-refractivity contribution in [1.29, 1.82) is 0 Å². The number of aromatic nitrogens is 1. The first kappa shape index (κ1) is 22.2. The van der Waals surface area contributed by atoms with Gasteiger partial charge in [-0.3, -0.25) is 19.5 Å². The predicted octanol–water partition coefficient (Wildman–Crippen LogP) is 3.28. The number of amides is 2. The fourth-order valence-electron chi connectivity index (χ4n) is 5.61. The Morgan fingerprint density at radius 1 is 1.06 bits per heavy atom. The Morgan fingerprint density at radius 2 is 1.80 bits per heavy atom. The molecule has 3 fully saturated rings. The van der Waals surface area contributed by atoms with Crippen LogP contribution in [0.2, 0.25) is 0 Å². The number of carbonyl (C=O) groups is 2. The molecule has 1 unspecified atom stereocenters. The van der Waals surface area contributed by atoms with Crippen LogP contribution in [0, 0.1) is 0 Å². The second-order valence-corrected chi connectivity index (χ2v) is 10.1. The predicted molar refractivity (Wildman–Crippen MR) is 133 cm³/mol. The maximum Gasteiger partial charge on any atom is 0.248 e. The number of rotatable bonds is 5. The lowest BCUT2D eigenvalue weighted by Crippen LogP contribution is -2.59. The van der Waals surface area contributed by atoms with Gasteiger partial charge in [0.25, 0.3) is 0 Å². The Bertz CT molecular complexity index is 1260. The first-order valence-electron chi connectivity index (χ1n) is 12.4. The molecule has 2 aromatic carbocycles. The molecule has 2 amide bonds. The molecule has 2 N–H and O–H groups in total. The molecule has 3 aliphatic rings. The summed E-state index contributed by atoms with van der Waals surface area (Å²) in [7, 11) is 0. The van der Waals surface area contributed by atoms with Crippen molar-refractivity contribution in [3.05, 3.63) is 66.4 Å². The molecule has 180 valence electrons. The molecule has 0 bridgehead atoms. The summed E-state index contributed by atoms with van der Waals surface area (Å²) in [5, 5.41) is 1.11. The highest BCUT2D eigenvalue weighted by atomic mass is 16.5. The van der Waals surface area contributed by atoms with Crippen molar-refractivity contribution in [3.63, 3.8) is 0 Å². The van der Waals surface area contributed by atoms with E-state index in [0.717, 1.165) is 53.3 Å². The first-order chi connectivity index (χ1) is 17.0. The van der Waals surface area contributed by atoms with Gasteiger partial charge >= 0.3 is 0 Å². The Labute approximate surface area is 204 Å². The summed E-state index contributed by atoms with van der Waals surface area (Å²) in [6.45, 7) is 2.25. The third kappa shape index (κ3) is 4.30. The monoisotopic (exact) mass is 470 g/mol. The van der Waals surface area contributed by atoms with Crippen molar-refractivity contribution in [1.82, 2.24) is 14.8 Å². The van der Waals surface area contributed by atoms with Gasteiger partial charge in [0.15, 0.2) is 0 Å². The summed E-state index contributed by atoms with van der Waals surface area (Å²) in [4.78, 5) is 33.4. The van der Waals surface area contributed by atoms with Gasteiger partial charge < -0.3 is 15.4 Å². The fourth-order valence-corrected chi connectivity index (χ4v) is 5.61. The van der Waals surface area contributed by atoms with Crippen LogP contribution >= 0.6 is 0 Å². The molecule has 1 saturated carbocycles. The molecule has 1 aliphatic carbocycles. The van der Waals surface area contributed by atoms with Crippen molar-refractivity contribution in [2.45, 2.75) is 43.4 Å². The van der Waals surface area contributed by atoms with Gasteiger partial charge in [-0.1, -0.05) is 42.5 Å². The number of ether oxygens (including phenoxy) is 1.